The van der Waals surface area contributed by atoms with E-state index in [0.717, 1.165) is 19.4 Å². The van der Waals surface area contributed by atoms with Crippen molar-refractivity contribution in [3.63, 3.8) is 0 Å². The van der Waals surface area contributed by atoms with Gasteiger partial charge >= 0.3 is 0 Å². The maximum Gasteiger partial charge on any atom is 0.0873 e. The highest BCUT2D eigenvalue weighted by atomic mass is 32.1. The lowest BCUT2D eigenvalue weighted by Gasteiger charge is -2.10. The minimum Gasteiger partial charge on any atom is -0.502 e. The third kappa shape index (κ3) is 3.88. The number of ether oxygens (including phenoxy) is 1. The molecule has 0 fully saturated rings. The van der Waals surface area contributed by atoms with Gasteiger partial charge in [0.15, 0.2) is 0 Å². The molecule has 0 aliphatic rings. The topological polar surface area (TPSA) is 9.23 Å². The van der Waals surface area contributed by atoms with Crippen molar-refractivity contribution in [2.24, 2.45) is 0 Å². The molecule has 0 amide bonds. The van der Waals surface area contributed by atoms with Crippen LogP contribution < -0.4 is 0 Å². The van der Waals surface area contributed by atoms with Crippen LogP contribution >= 0.6 is 12.6 Å². The number of thiol groups is 1. The van der Waals surface area contributed by atoms with Crippen molar-refractivity contribution < 1.29 is 4.74 Å². The van der Waals surface area contributed by atoms with Crippen LogP contribution in [0.15, 0.2) is 43.2 Å². The van der Waals surface area contributed by atoms with Gasteiger partial charge in [-0.2, -0.15) is 12.6 Å². The highest BCUT2D eigenvalue weighted by Crippen LogP contribution is 2.24. The van der Waals surface area contributed by atoms with Crippen LogP contribution in [0.1, 0.15) is 23.7 Å². The molecule has 0 aromatic heterocycles. The minimum atomic E-state index is 0.310. The number of rotatable bonds is 6. The van der Waals surface area contributed by atoms with Gasteiger partial charge in [0.2, 0.25) is 0 Å². The minimum absolute atomic E-state index is 0.310. The zero-order valence-corrected chi connectivity index (χ0v) is 9.12. The highest BCUT2D eigenvalue weighted by Gasteiger charge is 2.04. The molecule has 1 aromatic rings. The Balaban J connectivity index is 2.28. The fourth-order valence-corrected chi connectivity index (χ4v) is 1.64. The molecule has 0 N–H and O–H groups in total. The maximum absolute atomic E-state index is 5.05. The Labute approximate surface area is 91.2 Å². The van der Waals surface area contributed by atoms with Crippen LogP contribution in [0.5, 0.6) is 0 Å². The van der Waals surface area contributed by atoms with E-state index >= 15 is 0 Å². The van der Waals surface area contributed by atoms with E-state index in [0.29, 0.717) is 5.25 Å². The predicted octanol–water partition coefficient (Wildman–Crippen LogP) is 3.60. The van der Waals surface area contributed by atoms with Crippen LogP contribution in [0.25, 0.3) is 0 Å². The van der Waals surface area contributed by atoms with Crippen molar-refractivity contribution in [3.8, 4) is 0 Å². The van der Waals surface area contributed by atoms with E-state index in [2.05, 4.69) is 31.3 Å². The monoisotopic (exact) mass is 208 g/mol. The number of hydrogen-bond acceptors (Lipinski definition) is 2. The summed E-state index contributed by atoms with van der Waals surface area (Å²) in [6, 6.07) is 10.3. The summed E-state index contributed by atoms with van der Waals surface area (Å²) in [5, 5.41) is 0.310. The third-order valence-corrected chi connectivity index (χ3v) is 2.60. The molecule has 1 atom stereocenters. The summed E-state index contributed by atoms with van der Waals surface area (Å²) >= 11 is 4.54. The number of hydrogen-bond donors (Lipinski definition) is 1. The summed E-state index contributed by atoms with van der Waals surface area (Å²) < 4.78 is 5.05. The molecular weight excluding hydrogens is 192 g/mol. The molecule has 0 saturated carbocycles. The summed E-state index contributed by atoms with van der Waals surface area (Å²) in [5.41, 5.74) is 1.27. The Hall–Kier alpha value is -0.890. The molecule has 0 spiro atoms. The molecule has 2 heteroatoms. The summed E-state index contributed by atoms with van der Waals surface area (Å²) in [6.07, 6.45) is 3.52. The smallest absolute Gasteiger partial charge is 0.0873 e. The Morgan fingerprint density at radius 2 is 2.07 bits per heavy atom. The molecule has 0 aliphatic heterocycles. The van der Waals surface area contributed by atoms with E-state index in [1.165, 1.54) is 11.8 Å². The van der Waals surface area contributed by atoms with Gasteiger partial charge in [-0.05, 0) is 18.4 Å². The first-order chi connectivity index (χ1) is 6.84. The molecular formula is C12H16OS. The fraction of sp³-hybridized carbons (Fsp3) is 0.333. The second-order valence-electron chi connectivity index (χ2n) is 3.11. The van der Waals surface area contributed by atoms with Crippen molar-refractivity contribution in [1.29, 1.82) is 0 Å². The predicted molar refractivity (Wildman–Crippen MR) is 63.6 cm³/mol. The molecule has 0 saturated heterocycles. The van der Waals surface area contributed by atoms with Crippen molar-refractivity contribution in [1.82, 2.24) is 0 Å². The molecule has 1 nitrogen and oxygen atoms in total. The average Bonchev–Trinajstić information content (AvgIpc) is 2.25. The molecule has 14 heavy (non-hydrogen) atoms. The summed E-state index contributed by atoms with van der Waals surface area (Å²) in [4.78, 5) is 0. The second kappa shape index (κ2) is 6.55. The normalized spacial score (nSPS) is 12.1. The first kappa shape index (κ1) is 11.2. The van der Waals surface area contributed by atoms with Gasteiger partial charge in [0.1, 0.15) is 0 Å². The van der Waals surface area contributed by atoms with Crippen LogP contribution in [-0.4, -0.2) is 6.61 Å². The van der Waals surface area contributed by atoms with E-state index in [1.54, 1.807) is 0 Å². The zero-order chi connectivity index (χ0) is 10.2. The van der Waals surface area contributed by atoms with Gasteiger partial charge in [-0.25, -0.2) is 0 Å². The quantitative estimate of drug-likeness (QED) is 0.427. The second-order valence-corrected chi connectivity index (χ2v) is 3.73. The maximum atomic E-state index is 5.05. The molecule has 0 heterocycles. The van der Waals surface area contributed by atoms with Crippen LogP contribution in [-0.2, 0) is 4.74 Å². The Kier molecular flexibility index (Phi) is 5.23. The standard InChI is InChI=1S/C12H16OS/c1-2-13-10-6-9-12(14)11-7-4-3-5-8-11/h2-5,7-8,12,14H,1,6,9-10H2. The van der Waals surface area contributed by atoms with Crippen molar-refractivity contribution in [2.75, 3.05) is 6.61 Å². The van der Waals surface area contributed by atoms with Crippen molar-refractivity contribution in [2.45, 2.75) is 18.1 Å². The lowest BCUT2D eigenvalue weighted by atomic mass is 10.1. The third-order valence-electron chi connectivity index (χ3n) is 2.04. The molecule has 1 unspecified atom stereocenters. The summed E-state index contributed by atoms with van der Waals surface area (Å²) in [5.74, 6) is 0. The lowest BCUT2D eigenvalue weighted by molar-refractivity contribution is 0.243. The average molecular weight is 208 g/mol. The molecule has 0 bridgehead atoms. The molecule has 0 radical (unpaired) electrons. The van der Waals surface area contributed by atoms with E-state index in [9.17, 15) is 0 Å². The van der Waals surface area contributed by atoms with Crippen molar-refractivity contribution >= 4 is 12.6 Å². The summed E-state index contributed by atoms with van der Waals surface area (Å²) in [6.45, 7) is 4.22. The Bertz CT molecular complexity index is 258. The van der Waals surface area contributed by atoms with E-state index in [-0.39, 0.29) is 0 Å². The van der Waals surface area contributed by atoms with Gasteiger partial charge in [0.05, 0.1) is 12.9 Å². The fourth-order valence-electron chi connectivity index (χ4n) is 1.29. The van der Waals surface area contributed by atoms with Gasteiger partial charge in [0.25, 0.3) is 0 Å². The SMILES string of the molecule is C=COCCCC(S)c1ccccc1. The van der Waals surface area contributed by atoms with Crippen LogP contribution in [0.3, 0.4) is 0 Å². The summed E-state index contributed by atoms with van der Waals surface area (Å²) in [7, 11) is 0. The first-order valence-corrected chi connectivity index (χ1v) is 5.31. The Morgan fingerprint density at radius 3 is 2.71 bits per heavy atom. The van der Waals surface area contributed by atoms with Gasteiger partial charge in [-0.15, -0.1) is 0 Å². The van der Waals surface area contributed by atoms with E-state index in [1.807, 2.05) is 18.2 Å². The van der Waals surface area contributed by atoms with Crippen molar-refractivity contribution in [3.05, 3.63) is 48.7 Å². The molecule has 76 valence electrons. The van der Waals surface area contributed by atoms with Crippen LogP contribution in [0.2, 0.25) is 0 Å². The molecule has 1 rings (SSSR count). The largest absolute Gasteiger partial charge is 0.502 e. The lowest BCUT2D eigenvalue weighted by Crippen LogP contribution is -1.94. The van der Waals surface area contributed by atoms with E-state index in [4.69, 9.17) is 4.74 Å². The molecule has 0 aliphatic carbocycles. The first-order valence-electron chi connectivity index (χ1n) is 4.80. The number of benzene rings is 1. The van der Waals surface area contributed by atoms with Gasteiger partial charge in [-0.3, -0.25) is 0 Å². The van der Waals surface area contributed by atoms with Crippen LogP contribution in [0, 0.1) is 0 Å². The Morgan fingerprint density at radius 1 is 1.36 bits per heavy atom. The van der Waals surface area contributed by atoms with Gasteiger partial charge < -0.3 is 4.74 Å². The van der Waals surface area contributed by atoms with Gasteiger partial charge in [-0.1, -0.05) is 36.9 Å². The van der Waals surface area contributed by atoms with Crippen LogP contribution in [0.4, 0.5) is 0 Å². The molecule has 1 aromatic carbocycles. The zero-order valence-electron chi connectivity index (χ0n) is 8.23. The van der Waals surface area contributed by atoms with E-state index < -0.39 is 0 Å². The highest BCUT2D eigenvalue weighted by molar-refractivity contribution is 7.80. The van der Waals surface area contributed by atoms with Gasteiger partial charge in [0, 0.05) is 5.25 Å².